The van der Waals surface area contributed by atoms with Gasteiger partial charge in [0.1, 0.15) is 0 Å². The van der Waals surface area contributed by atoms with Gasteiger partial charge in [0, 0.05) is 12.2 Å². The lowest BCUT2D eigenvalue weighted by Gasteiger charge is -2.34. The topological polar surface area (TPSA) is 55.1 Å². The Labute approximate surface area is 125 Å². The van der Waals surface area contributed by atoms with Crippen LogP contribution in [0, 0.1) is 5.41 Å². The van der Waals surface area contributed by atoms with E-state index < -0.39 is 0 Å². The van der Waals surface area contributed by atoms with Crippen molar-refractivity contribution in [2.75, 3.05) is 11.9 Å². The monoisotopic (exact) mass is 282 g/mol. The fourth-order valence-electron chi connectivity index (χ4n) is 3.28. The van der Waals surface area contributed by atoms with Crippen molar-refractivity contribution in [2.24, 2.45) is 11.1 Å². The van der Waals surface area contributed by atoms with Gasteiger partial charge >= 0.3 is 0 Å². The first-order valence-electron chi connectivity index (χ1n) is 7.74. The van der Waals surface area contributed by atoms with Gasteiger partial charge in [-0.25, -0.2) is 0 Å². The number of hydrogen-bond donors (Lipinski definition) is 2. The second-order valence-corrected chi connectivity index (χ2v) is 6.06. The van der Waals surface area contributed by atoms with Gasteiger partial charge in [0.25, 0.3) is 0 Å². The van der Waals surface area contributed by atoms with E-state index in [1.165, 1.54) is 11.8 Å². The molecule has 1 saturated carbocycles. The van der Waals surface area contributed by atoms with E-state index in [-0.39, 0.29) is 11.3 Å². The summed E-state index contributed by atoms with van der Waals surface area (Å²) in [6, 6.07) is 14.2. The number of amides is 1. The lowest BCUT2D eigenvalue weighted by atomic mass is 9.73. The van der Waals surface area contributed by atoms with E-state index in [1.807, 2.05) is 30.3 Å². The van der Waals surface area contributed by atoms with Gasteiger partial charge in [-0.1, -0.05) is 49.6 Å². The van der Waals surface area contributed by atoms with Gasteiger partial charge in [-0.2, -0.15) is 0 Å². The maximum absolute atomic E-state index is 12.7. The van der Waals surface area contributed by atoms with Gasteiger partial charge < -0.3 is 11.1 Å². The van der Waals surface area contributed by atoms with Crippen molar-refractivity contribution < 1.29 is 4.79 Å². The summed E-state index contributed by atoms with van der Waals surface area (Å²) in [6.45, 7) is 0.437. The fourth-order valence-corrected chi connectivity index (χ4v) is 3.28. The Morgan fingerprint density at radius 2 is 1.76 bits per heavy atom. The Bertz CT molecular complexity index is 644. The summed E-state index contributed by atoms with van der Waals surface area (Å²) in [4.78, 5) is 12.7. The molecule has 0 aromatic heterocycles. The molecule has 0 radical (unpaired) electrons. The third-order valence-electron chi connectivity index (χ3n) is 4.69. The third-order valence-corrected chi connectivity index (χ3v) is 4.69. The molecular formula is C18H22N2O. The van der Waals surface area contributed by atoms with Crippen molar-refractivity contribution in [3.05, 3.63) is 42.5 Å². The van der Waals surface area contributed by atoms with Crippen LogP contribution in [0.1, 0.15) is 32.1 Å². The zero-order valence-electron chi connectivity index (χ0n) is 12.3. The summed E-state index contributed by atoms with van der Waals surface area (Å²) in [5, 5.41) is 5.40. The average molecular weight is 282 g/mol. The molecule has 0 unspecified atom stereocenters. The largest absolute Gasteiger partial charge is 0.329 e. The first-order valence-corrected chi connectivity index (χ1v) is 7.74. The van der Waals surface area contributed by atoms with Crippen LogP contribution < -0.4 is 11.1 Å². The van der Waals surface area contributed by atoms with Crippen LogP contribution in [0.15, 0.2) is 42.5 Å². The van der Waals surface area contributed by atoms with E-state index in [4.69, 9.17) is 5.73 Å². The molecule has 1 amide bonds. The average Bonchev–Trinajstić information content (AvgIpc) is 2.55. The van der Waals surface area contributed by atoms with Crippen molar-refractivity contribution >= 4 is 22.4 Å². The molecule has 1 aliphatic carbocycles. The first kappa shape index (κ1) is 14.1. The molecule has 2 aromatic rings. The van der Waals surface area contributed by atoms with Crippen molar-refractivity contribution in [1.82, 2.24) is 0 Å². The predicted octanol–water partition coefficient (Wildman–Crippen LogP) is 3.69. The van der Waals surface area contributed by atoms with Crippen LogP contribution in [0.2, 0.25) is 0 Å². The van der Waals surface area contributed by atoms with Gasteiger partial charge in [-0.05, 0) is 35.7 Å². The summed E-state index contributed by atoms with van der Waals surface area (Å²) in [6.07, 6.45) is 5.22. The maximum Gasteiger partial charge on any atom is 0.231 e. The van der Waals surface area contributed by atoms with Gasteiger partial charge in [-0.15, -0.1) is 0 Å². The molecule has 21 heavy (non-hydrogen) atoms. The van der Waals surface area contributed by atoms with E-state index in [1.54, 1.807) is 0 Å². The standard InChI is InChI=1S/C18H22N2O/c19-13-18(10-4-1-5-11-18)17(21)20-16-9-8-14-6-2-3-7-15(14)12-16/h2-3,6-9,12H,1,4-5,10-11,13,19H2,(H,20,21). The van der Waals surface area contributed by atoms with Crippen LogP contribution in [-0.4, -0.2) is 12.5 Å². The number of anilines is 1. The zero-order valence-corrected chi connectivity index (χ0v) is 12.3. The third kappa shape index (κ3) is 2.79. The molecule has 0 aliphatic heterocycles. The minimum atomic E-state index is -0.371. The fraction of sp³-hybridized carbons (Fsp3) is 0.389. The highest BCUT2D eigenvalue weighted by atomic mass is 16.2. The minimum Gasteiger partial charge on any atom is -0.329 e. The van der Waals surface area contributed by atoms with Gasteiger partial charge in [0.15, 0.2) is 0 Å². The molecule has 1 fully saturated rings. The molecule has 3 heteroatoms. The van der Waals surface area contributed by atoms with E-state index in [9.17, 15) is 4.79 Å². The second-order valence-electron chi connectivity index (χ2n) is 6.06. The highest BCUT2D eigenvalue weighted by Gasteiger charge is 2.38. The minimum absolute atomic E-state index is 0.0833. The molecule has 3 rings (SSSR count). The number of nitrogens with one attached hydrogen (secondary N) is 1. The number of carbonyl (C=O) groups is 1. The molecule has 1 aliphatic rings. The Morgan fingerprint density at radius 3 is 2.48 bits per heavy atom. The number of fused-ring (bicyclic) bond motifs is 1. The molecular weight excluding hydrogens is 260 g/mol. The van der Waals surface area contributed by atoms with Crippen LogP contribution >= 0.6 is 0 Å². The summed E-state index contributed by atoms with van der Waals surface area (Å²) in [7, 11) is 0. The normalized spacial score (nSPS) is 17.6. The highest BCUT2D eigenvalue weighted by Crippen LogP contribution is 2.36. The molecule has 110 valence electrons. The highest BCUT2D eigenvalue weighted by molar-refractivity contribution is 5.97. The Morgan fingerprint density at radius 1 is 1.05 bits per heavy atom. The number of benzene rings is 2. The molecule has 0 atom stereocenters. The van der Waals surface area contributed by atoms with Crippen molar-refractivity contribution in [1.29, 1.82) is 0 Å². The van der Waals surface area contributed by atoms with E-state index in [0.717, 1.165) is 36.8 Å². The Balaban J connectivity index is 1.81. The van der Waals surface area contributed by atoms with E-state index in [0.29, 0.717) is 6.54 Å². The molecule has 2 aromatic carbocycles. The number of carbonyl (C=O) groups excluding carboxylic acids is 1. The summed E-state index contributed by atoms with van der Waals surface area (Å²) in [5.74, 6) is 0.0833. The SMILES string of the molecule is NCC1(C(=O)Nc2ccc3ccccc3c2)CCCCC1. The molecule has 0 heterocycles. The lowest BCUT2D eigenvalue weighted by Crippen LogP contribution is -2.43. The first-order chi connectivity index (χ1) is 10.2. The Kier molecular flexibility index (Phi) is 3.93. The summed E-state index contributed by atoms with van der Waals surface area (Å²) < 4.78 is 0. The molecule has 3 nitrogen and oxygen atoms in total. The van der Waals surface area contributed by atoms with E-state index in [2.05, 4.69) is 17.4 Å². The number of rotatable bonds is 3. The second kappa shape index (κ2) is 5.86. The van der Waals surface area contributed by atoms with Crippen LogP contribution in [0.3, 0.4) is 0 Å². The van der Waals surface area contributed by atoms with Crippen molar-refractivity contribution in [2.45, 2.75) is 32.1 Å². The molecule has 3 N–H and O–H groups in total. The summed E-state index contributed by atoms with van der Waals surface area (Å²) in [5.41, 5.74) is 6.41. The summed E-state index contributed by atoms with van der Waals surface area (Å²) >= 11 is 0. The molecule has 0 spiro atoms. The van der Waals surface area contributed by atoms with Crippen LogP contribution in [-0.2, 0) is 4.79 Å². The van der Waals surface area contributed by atoms with Crippen LogP contribution in [0.5, 0.6) is 0 Å². The molecule has 0 saturated heterocycles. The Hall–Kier alpha value is -1.87. The van der Waals surface area contributed by atoms with Gasteiger partial charge in [0.05, 0.1) is 5.41 Å². The van der Waals surface area contributed by atoms with Gasteiger partial charge in [0.2, 0.25) is 5.91 Å². The zero-order chi connectivity index (χ0) is 14.7. The predicted molar refractivity (Wildman–Crippen MR) is 87.2 cm³/mol. The van der Waals surface area contributed by atoms with E-state index >= 15 is 0 Å². The maximum atomic E-state index is 12.7. The van der Waals surface area contributed by atoms with Crippen molar-refractivity contribution in [3.63, 3.8) is 0 Å². The smallest absolute Gasteiger partial charge is 0.231 e. The number of hydrogen-bond acceptors (Lipinski definition) is 2. The van der Waals surface area contributed by atoms with Crippen molar-refractivity contribution in [3.8, 4) is 0 Å². The van der Waals surface area contributed by atoms with Crippen LogP contribution in [0.25, 0.3) is 10.8 Å². The van der Waals surface area contributed by atoms with Gasteiger partial charge in [-0.3, -0.25) is 4.79 Å². The lowest BCUT2D eigenvalue weighted by molar-refractivity contribution is -0.126. The van der Waals surface area contributed by atoms with Crippen LogP contribution in [0.4, 0.5) is 5.69 Å². The number of nitrogens with two attached hydrogens (primary N) is 1. The quantitative estimate of drug-likeness (QED) is 0.902. The molecule has 0 bridgehead atoms.